The van der Waals surface area contributed by atoms with Crippen molar-refractivity contribution in [3.63, 3.8) is 0 Å². The van der Waals surface area contributed by atoms with Crippen LogP contribution in [0, 0.1) is 5.82 Å². The Morgan fingerprint density at radius 2 is 2.12 bits per heavy atom. The van der Waals surface area contributed by atoms with Gasteiger partial charge in [0.2, 0.25) is 0 Å². The molecular weight excluding hydrogens is 321 g/mol. The lowest BCUT2D eigenvalue weighted by Gasteiger charge is -2.05. The van der Waals surface area contributed by atoms with Crippen LogP contribution < -0.4 is 10.2 Å². The molecule has 0 fully saturated rings. The van der Waals surface area contributed by atoms with E-state index < -0.39 is 11.7 Å². The highest BCUT2D eigenvalue weighted by Gasteiger charge is 2.06. The molecule has 0 atom stereocenters. The number of hydrazone groups is 1. The minimum atomic E-state index is -0.510. The molecule has 0 radical (unpaired) electrons. The number of nitrogens with one attached hydrogen (secondary N) is 2. The van der Waals surface area contributed by atoms with Crippen molar-refractivity contribution in [2.45, 2.75) is 13.3 Å². The summed E-state index contributed by atoms with van der Waals surface area (Å²) in [6, 6.07) is 12.0. The van der Waals surface area contributed by atoms with Crippen molar-refractivity contribution < 1.29 is 13.9 Å². The summed E-state index contributed by atoms with van der Waals surface area (Å²) in [6.07, 6.45) is 4.34. The van der Waals surface area contributed by atoms with Gasteiger partial charge in [-0.3, -0.25) is 4.79 Å². The third-order valence-corrected chi connectivity index (χ3v) is 3.80. The number of hydrogen-bond donors (Lipinski definition) is 2. The number of amides is 1. The quantitative estimate of drug-likeness (QED) is 0.534. The number of benzene rings is 2. The molecule has 0 aliphatic heterocycles. The molecule has 5 nitrogen and oxygen atoms in total. The minimum Gasteiger partial charge on any atom is -0.481 e. The zero-order valence-corrected chi connectivity index (χ0v) is 13.8. The van der Waals surface area contributed by atoms with Gasteiger partial charge >= 0.3 is 0 Å². The second kappa shape index (κ2) is 7.61. The third-order valence-electron chi connectivity index (χ3n) is 3.80. The van der Waals surface area contributed by atoms with Crippen LogP contribution in [-0.2, 0) is 11.2 Å². The predicted molar refractivity (Wildman–Crippen MR) is 95.3 cm³/mol. The van der Waals surface area contributed by atoms with E-state index >= 15 is 0 Å². The summed E-state index contributed by atoms with van der Waals surface area (Å²) >= 11 is 0. The average molecular weight is 339 g/mol. The number of aromatic nitrogens is 1. The molecule has 1 amide bonds. The molecule has 2 aromatic carbocycles. The normalized spacial score (nSPS) is 11.1. The average Bonchev–Trinajstić information content (AvgIpc) is 3.04. The molecule has 3 rings (SSSR count). The Morgan fingerprint density at radius 3 is 2.92 bits per heavy atom. The van der Waals surface area contributed by atoms with E-state index in [1.807, 2.05) is 18.3 Å². The SMILES string of the molecule is CCc1cccc2c(/C=N/NC(=O)COc3ccccc3F)c[nH]c12. The fourth-order valence-corrected chi connectivity index (χ4v) is 2.55. The standard InChI is InChI=1S/C19H18FN3O2/c1-2-13-6-5-7-15-14(10-21-19(13)15)11-22-23-18(24)12-25-17-9-4-3-8-16(17)20/h3-11,21H,2,12H2,1H3,(H,23,24)/b22-11+. The number of rotatable bonds is 6. The fourth-order valence-electron chi connectivity index (χ4n) is 2.55. The van der Waals surface area contributed by atoms with Crippen molar-refractivity contribution in [3.05, 3.63) is 65.6 Å². The van der Waals surface area contributed by atoms with E-state index in [-0.39, 0.29) is 12.4 Å². The second-order valence-electron chi connectivity index (χ2n) is 5.45. The van der Waals surface area contributed by atoms with Crippen LogP contribution in [0.3, 0.4) is 0 Å². The van der Waals surface area contributed by atoms with Gasteiger partial charge in [0.05, 0.1) is 6.21 Å². The lowest BCUT2D eigenvalue weighted by molar-refractivity contribution is -0.123. The summed E-state index contributed by atoms with van der Waals surface area (Å²) in [4.78, 5) is 15.0. The molecule has 1 aromatic heterocycles. The highest BCUT2D eigenvalue weighted by Crippen LogP contribution is 2.21. The van der Waals surface area contributed by atoms with Crippen LogP contribution in [0.1, 0.15) is 18.1 Å². The second-order valence-corrected chi connectivity index (χ2v) is 5.45. The first kappa shape index (κ1) is 16.7. The van der Waals surface area contributed by atoms with Crippen LogP contribution in [0.25, 0.3) is 10.9 Å². The topological polar surface area (TPSA) is 66.5 Å². The van der Waals surface area contributed by atoms with Gasteiger partial charge in [0.25, 0.3) is 5.91 Å². The summed E-state index contributed by atoms with van der Waals surface area (Å²) in [5.74, 6) is -0.941. The Bertz CT molecular complexity index is 918. The Kier molecular flexibility index (Phi) is 5.09. The minimum absolute atomic E-state index is 0.0327. The van der Waals surface area contributed by atoms with Gasteiger partial charge in [0, 0.05) is 22.7 Å². The van der Waals surface area contributed by atoms with Crippen molar-refractivity contribution in [1.82, 2.24) is 10.4 Å². The summed E-state index contributed by atoms with van der Waals surface area (Å²) in [5, 5.41) is 4.98. The van der Waals surface area contributed by atoms with Crippen LogP contribution >= 0.6 is 0 Å². The molecule has 128 valence electrons. The van der Waals surface area contributed by atoms with Crippen molar-refractivity contribution in [1.29, 1.82) is 0 Å². The molecule has 0 spiro atoms. The predicted octanol–water partition coefficient (Wildman–Crippen LogP) is 3.40. The summed E-state index contributed by atoms with van der Waals surface area (Å²) in [5.41, 5.74) is 5.54. The maximum Gasteiger partial charge on any atom is 0.277 e. The molecule has 0 bridgehead atoms. The van der Waals surface area contributed by atoms with Crippen LogP contribution in [0.2, 0.25) is 0 Å². The molecular formula is C19H18FN3O2. The van der Waals surface area contributed by atoms with E-state index in [1.165, 1.54) is 17.7 Å². The molecule has 3 aromatic rings. The van der Waals surface area contributed by atoms with Gasteiger partial charge < -0.3 is 9.72 Å². The van der Waals surface area contributed by atoms with Gasteiger partial charge in [-0.25, -0.2) is 9.82 Å². The van der Waals surface area contributed by atoms with Crippen LogP contribution in [0.15, 0.2) is 53.8 Å². The van der Waals surface area contributed by atoms with Crippen LogP contribution in [0.5, 0.6) is 5.75 Å². The molecule has 0 saturated carbocycles. The van der Waals surface area contributed by atoms with Gasteiger partial charge in [-0.05, 0) is 24.1 Å². The van der Waals surface area contributed by atoms with Gasteiger partial charge in [0.15, 0.2) is 18.2 Å². The zero-order valence-electron chi connectivity index (χ0n) is 13.8. The van der Waals surface area contributed by atoms with Gasteiger partial charge in [-0.2, -0.15) is 5.10 Å². The van der Waals surface area contributed by atoms with Gasteiger partial charge in [-0.15, -0.1) is 0 Å². The number of carbonyl (C=O) groups is 1. The molecule has 0 saturated heterocycles. The number of fused-ring (bicyclic) bond motifs is 1. The molecule has 0 unspecified atom stereocenters. The molecule has 0 aliphatic carbocycles. The molecule has 6 heteroatoms. The monoisotopic (exact) mass is 339 g/mol. The van der Waals surface area contributed by atoms with E-state index in [1.54, 1.807) is 18.3 Å². The number of H-pyrrole nitrogens is 1. The molecule has 2 N–H and O–H groups in total. The fraction of sp³-hybridized carbons (Fsp3) is 0.158. The molecule has 0 aliphatic rings. The first-order chi connectivity index (χ1) is 12.2. The first-order valence-corrected chi connectivity index (χ1v) is 7.97. The smallest absolute Gasteiger partial charge is 0.277 e. The lowest BCUT2D eigenvalue weighted by atomic mass is 10.1. The highest BCUT2D eigenvalue weighted by atomic mass is 19.1. The number of ether oxygens (including phenoxy) is 1. The van der Waals surface area contributed by atoms with Crippen molar-refractivity contribution >= 4 is 23.0 Å². The van der Waals surface area contributed by atoms with E-state index in [4.69, 9.17) is 4.74 Å². The van der Waals surface area contributed by atoms with E-state index in [0.717, 1.165) is 22.9 Å². The Balaban J connectivity index is 1.60. The number of halogens is 1. The maximum absolute atomic E-state index is 13.4. The number of nitrogens with zero attached hydrogens (tertiary/aromatic N) is 1. The Labute approximate surface area is 144 Å². The number of hydrogen-bond acceptors (Lipinski definition) is 3. The number of aryl methyl sites for hydroxylation is 1. The maximum atomic E-state index is 13.4. The summed E-state index contributed by atoms with van der Waals surface area (Å²) in [7, 11) is 0. The first-order valence-electron chi connectivity index (χ1n) is 7.97. The largest absolute Gasteiger partial charge is 0.481 e. The third kappa shape index (κ3) is 3.85. The number of aromatic amines is 1. The van der Waals surface area contributed by atoms with E-state index in [9.17, 15) is 9.18 Å². The van der Waals surface area contributed by atoms with Crippen molar-refractivity contribution in [2.24, 2.45) is 5.10 Å². The van der Waals surface area contributed by atoms with Crippen molar-refractivity contribution in [2.75, 3.05) is 6.61 Å². The highest BCUT2D eigenvalue weighted by molar-refractivity contribution is 6.00. The molecule has 25 heavy (non-hydrogen) atoms. The van der Waals surface area contributed by atoms with Crippen molar-refractivity contribution in [3.8, 4) is 5.75 Å². The lowest BCUT2D eigenvalue weighted by Crippen LogP contribution is -2.24. The zero-order chi connectivity index (χ0) is 17.6. The van der Waals surface area contributed by atoms with Gasteiger partial charge in [-0.1, -0.05) is 37.3 Å². The van der Waals surface area contributed by atoms with E-state index in [0.29, 0.717) is 0 Å². The number of para-hydroxylation sites is 2. The van der Waals surface area contributed by atoms with Crippen LogP contribution in [0.4, 0.5) is 4.39 Å². The number of carbonyl (C=O) groups excluding carboxylic acids is 1. The van der Waals surface area contributed by atoms with E-state index in [2.05, 4.69) is 28.5 Å². The Morgan fingerprint density at radius 1 is 1.28 bits per heavy atom. The van der Waals surface area contributed by atoms with Gasteiger partial charge in [0.1, 0.15) is 0 Å². The van der Waals surface area contributed by atoms with Crippen LogP contribution in [-0.4, -0.2) is 23.7 Å². The summed E-state index contributed by atoms with van der Waals surface area (Å²) in [6.45, 7) is 1.78. The summed E-state index contributed by atoms with van der Waals surface area (Å²) < 4.78 is 18.5. The Hall–Kier alpha value is -3.15. The molecule has 1 heterocycles.